The predicted molar refractivity (Wildman–Crippen MR) is 64.6 cm³/mol. The highest BCUT2D eigenvalue weighted by Gasteiger charge is 2.07. The van der Waals surface area contributed by atoms with Crippen LogP contribution in [0.4, 0.5) is 11.9 Å². The van der Waals surface area contributed by atoms with E-state index in [2.05, 4.69) is 25.4 Å². The molecule has 8 nitrogen and oxygen atoms in total. The van der Waals surface area contributed by atoms with E-state index in [9.17, 15) is 4.79 Å². The SMILES string of the molecule is Cc1cc(C)nc(NC(=O)Cn2cnc(N)n2)n1. The van der Waals surface area contributed by atoms with Gasteiger partial charge in [0.2, 0.25) is 17.8 Å². The lowest BCUT2D eigenvalue weighted by molar-refractivity contribution is -0.116. The van der Waals surface area contributed by atoms with Crippen LogP contribution in [0.15, 0.2) is 12.4 Å². The van der Waals surface area contributed by atoms with Gasteiger partial charge in [0, 0.05) is 11.4 Å². The molecule has 0 aromatic carbocycles. The van der Waals surface area contributed by atoms with E-state index in [1.807, 2.05) is 19.9 Å². The zero-order chi connectivity index (χ0) is 13.1. The van der Waals surface area contributed by atoms with Crippen LogP contribution < -0.4 is 11.1 Å². The minimum atomic E-state index is -0.287. The lowest BCUT2D eigenvalue weighted by atomic mass is 10.4. The first-order valence-electron chi connectivity index (χ1n) is 5.30. The Morgan fingerprint density at radius 1 is 1.39 bits per heavy atom. The van der Waals surface area contributed by atoms with E-state index in [-0.39, 0.29) is 24.3 Å². The van der Waals surface area contributed by atoms with Crippen LogP contribution in [0, 0.1) is 13.8 Å². The molecule has 0 atom stereocenters. The number of aromatic nitrogens is 5. The number of anilines is 2. The Kier molecular flexibility index (Phi) is 3.18. The lowest BCUT2D eigenvalue weighted by Crippen LogP contribution is -2.20. The maximum absolute atomic E-state index is 11.7. The number of carbonyl (C=O) groups excluding carboxylic acids is 1. The molecule has 0 saturated carbocycles. The Morgan fingerprint density at radius 2 is 2.06 bits per heavy atom. The maximum atomic E-state index is 11.7. The standard InChI is InChI=1S/C10H13N7O/c1-6-3-7(2)14-10(13-6)15-8(18)4-17-5-12-9(11)16-17/h3,5H,4H2,1-2H3,(H2,11,16)(H,13,14,15,18). The molecule has 0 unspecified atom stereocenters. The smallest absolute Gasteiger partial charge is 0.248 e. The minimum Gasteiger partial charge on any atom is -0.367 e. The molecule has 1 amide bonds. The molecular formula is C10H13N7O. The topological polar surface area (TPSA) is 112 Å². The number of nitrogens with zero attached hydrogens (tertiary/aromatic N) is 5. The van der Waals surface area contributed by atoms with Crippen molar-refractivity contribution in [3.8, 4) is 0 Å². The number of nitrogen functional groups attached to an aromatic ring is 1. The first kappa shape index (κ1) is 12.0. The molecule has 2 heterocycles. The van der Waals surface area contributed by atoms with Gasteiger partial charge in [-0.3, -0.25) is 10.1 Å². The summed E-state index contributed by atoms with van der Waals surface area (Å²) in [4.78, 5) is 23.6. The van der Waals surface area contributed by atoms with E-state index in [0.717, 1.165) is 11.4 Å². The van der Waals surface area contributed by atoms with E-state index in [1.54, 1.807) is 0 Å². The van der Waals surface area contributed by atoms with Gasteiger partial charge < -0.3 is 5.73 Å². The van der Waals surface area contributed by atoms with Crippen LogP contribution in [0.25, 0.3) is 0 Å². The average molecular weight is 247 g/mol. The van der Waals surface area contributed by atoms with Crippen LogP contribution in [0.3, 0.4) is 0 Å². The number of hydrogen-bond donors (Lipinski definition) is 2. The van der Waals surface area contributed by atoms with Gasteiger partial charge in [-0.2, -0.15) is 0 Å². The van der Waals surface area contributed by atoms with E-state index in [0.29, 0.717) is 0 Å². The van der Waals surface area contributed by atoms with Crippen LogP contribution >= 0.6 is 0 Å². The predicted octanol–water partition coefficient (Wildman–Crippen LogP) is -0.0942. The molecule has 3 N–H and O–H groups in total. The van der Waals surface area contributed by atoms with Gasteiger partial charge in [-0.25, -0.2) is 19.6 Å². The first-order chi connectivity index (χ1) is 8.52. The Morgan fingerprint density at radius 3 is 2.61 bits per heavy atom. The molecule has 2 aromatic rings. The van der Waals surface area contributed by atoms with Gasteiger partial charge in [-0.1, -0.05) is 0 Å². The van der Waals surface area contributed by atoms with Crippen molar-refractivity contribution in [2.75, 3.05) is 11.1 Å². The van der Waals surface area contributed by atoms with Crippen molar-refractivity contribution >= 4 is 17.8 Å². The normalized spacial score (nSPS) is 10.3. The van der Waals surface area contributed by atoms with Crippen LogP contribution in [-0.4, -0.2) is 30.6 Å². The summed E-state index contributed by atoms with van der Waals surface area (Å²) in [5, 5.41) is 6.40. The monoisotopic (exact) mass is 247 g/mol. The van der Waals surface area contributed by atoms with E-state index in [4.69, 9.17) is 5.73 Å². The van der Waals surface area contributed by atoms with Gasteiger partial charge in [0.1, 0.15) is 12.9 Å². The second-order valence-corrected chi connectivity index (χ2v) is 3.82. The highest BCUT2D eigenvalue weighted by molar-refractivity contribution is 5.88. The Bertz CT molecular complexity index is 557. The molecule has 0 spiro atoms. The Balaban J connectivity index is 2.02. The van der Waals surface area contributed by atoms with E-state index < -0.39 is 0 Å². The summed E-state index contributed by atoms with van der Waals surface area (Å²) in [6.45, 7) is 3.69. The van der Waals surface area contributed by atoms with Crippen LogP contribution in [0.1, 0.15) is 11.4 Å². The molecule has 0 fully saturated rings. The maximum Gasteiger partial charge on any atom is 0.248 e. The van der Waals surface area contributed by atoms with Crippen molar-refractivity contribution in [2.24, 2.45) is 0 Å². The number of hydrogen-bond acceptors (Lipinski definition) is 6. The summed E-state index contributed by atoms with van der Waals surface area (Å²) in [6, 6.07) is 1.83. The molecule has 0 radical (unpaired) electrons. The quantitative estimate of drug-likeness (QED) is 0.783. The minimum absolute atomic E-state index is 0.0144. The molecule has 18 heavy (non-hydrogen) atoms. The largest absolute Gasteiger partial charge is 0.367 e. The first-order valence-corrected chi connectivity index (χ1v) is 5.30. The number of rotatable bonds is 3. The number of nitrogens with two attached hydrogens (primary N) is 1. The zero-order valence-electron chi connectivity index (χ0n) is 10.1. The molecular weight excluding hydrogens is 234 g/mol. The van der Waals surface area contributed by atoms with Crippen molar-refractivity contribution in [3.63, 3.8) is 0 Å². The van der Waals surface area contributed by atoms with Crippen molar-refractivity contribution < 1.29 is 4.79 Å². The van der Waals surface area contributed by atoms with Crippen LogP contribution in [0.2, 0.25) is 0 Å². The van der Waals surface area contributed by atoms with Gasteiger partial charge in [0.25, 0.3) is 0 Å². The number of amides is 1. The summed E-state index contributed by atoms with van der Waals surface area (Å²) in [7, 11) is 0. The second kappa shape index (κ2) is 4.78. The second-order valence-electron chi connectivity index (χ2n) is 3.82. The van der Waals surface area contributed by atoms with Crippen molar-refractivity contribution in [1.82, 2.24) is 24.7 Å². The average Bonchev–Trinajstić information content (AvgIpc) is 2.61. The van der Waals surface area contributed by atoms with Crippen molar-refractivity contribution in [1.29, 1.82) is 0 Å². The fourth-order valence-electron chi connectivity index (χ4n) is 1.48. The zero-order valence-corrected chi connectivity index (χ0v) is 10.1. The summed E-state index contributed by atoms with van der Waals surface area (Å²) in [5.41, 5.74) is 6.94. The Hall–Kier alpha value is -2.51. The molecule has 94 valence electrons. The fourth-order valence-corrected chi connectivity index (χ4v) is 1.48. The van der Waals surface area contributed by atoms with Gasteiger partial charge in [-0.05, 0) is 19.9 Å². The third-order valence-corrected chi connectivity index (χ3v) is 2.09. The third kappa shape index (κ3) is 3.00. The summed E-state index contributed by atoms with van der Waals surface area (Å²) >= 11 is 0. The number of aryl methyl sites for hydroxylation is 2. The summed E-state index contributed by atoms with van der Waals surface area (Å²) < 4.78 is 1.34. The summed E-state index contributed by atoms with van der Waals surface area (Å²) in [5.74, 6) is 0.126. The fraction of sp³-hybridized carbons (Fsp3) is 0.300. The van der Waals surface area contributed by atoms with Crippen molar-refractivity contribution in [2.45, 2.75) is 20.4 Å². The molecule has 0 aliphatic heterocycles. The molecule has 2 rings (SSSR count). The number of nitrogens with one attached hydrogen (secondary N) is 1. The molecule has 2 aromatic heterocycles. The van der Waals surface area contributed by atoms with Gasteiger partial charge in [0.15, 0.2) is 0 Å². The molecule has 0 bridgehead atoms. The van der Waals surface area contributed by atoms with E-state index in [1.165, 1.54) is 11.0 Å². The van der Waals surface area contributed by atoms with Crippen molar-refractivity contribution in [3.05, 3.63) is 23.8 Å². The molecule has 8 heteroatoms. The molecule has 0 saturated heterocycles. The highest BCUT2D eigenvalue weighted by Crippen LogP contribution is 2.03. The highest BCUT2D eigenvalue weighted by atomic mass is 16.2. The molecule has 0 aliphatic carbocycles. The van der Waals surface area contributed by atoms with Gasteiger partial charge >= 0.3 is 0 Å². The van der Waals surface area contributed by atoms with E-state index >= 15 is 0 Å². The van der Waals surface area contributed by atoms with Gasteiger partial charge in [-0.15, -0.1) is 5.10 Å². The number of carbonyl (C=O) groups is 1. The Labute approximate surface area is 103 Å². The lowest BCUT2D eigenvalue weighted by Gasteiger charge is -2.05. The van der Waals surface area contributed by atoms with Crippen LogP contribution in [-0.2, 0) is 11.3 Å². The summed E-state index contributed by atoms with van der Waals surface area (Å²) in [6.07, 6.45) is 1.39. The van der Waals surface area contributed by atoms with Gasteiger partial charge in [0.05, 0.1) is 0 Å². The third-order valence-electron chi connectivity index (χ3n) is 2.09. The van der Waals surface area contributed by atoms with Crippen LogP contribution in [0.5, 0.6) is 0 Å². The molecule has 0 aliphatic rings.